The minimum absolute atomic E-state index is 0.0238. The fourth-order valence-electron chi connectivity index (χ4n) is 2.45. The quantitative estimate of drug-likeness (QED) is 0.794. The number of nitrogens with two attached hydrogens (primary N) is 1. The molecule has 2 atom stereocenters. The predicted molar refractivity (Wildman–Crippen MR) is 91.0 cm³/mol. The van der Waals surface area contributed by atoms with Crippen LogP contribution in [0.25, 0.3) is 0 Å². The first-order valence-electron chi connectivity index (χ1n) is 7.97. The Morgan fingerprint density at radius 1 is 1.17 bits per heavy atom. The summed E-state index contributed by atoms with van der Waals surface area (Å²) in [6.07, 6.45) is -0.582. The maximum absolute atomic E-state index is 10.00. The first-order valence-corrected chi connectivity index (χ1v) is 8.35. The van der Waals surface area contributed by atoms with Gasteiger partial charge in [-0.15, -0.1) is 0 Å². The number of benzene rings is 2. The van der Waals surface area contributed by atoms with Crippen molar-refractivity contribution in [2.45, 2.75) is 12.2 Å². The fourth-order valence-corrected chi connectivity index (χ4v) is 2.57. The molecular formula is C18H21ClNO4+. The normalized spacial score (nSPS) is 17.3. The van der Waals surface area contributed by atoms with Crippen LogP contribution in [0.3, 0.4) is 0 Å². The van der Waals surface area contributed by atoms with Crippen LogP contribution < -0.4 is 19.5 Å². The number of ether oxygens (including phenoxy) is 3. The molecule has 5 nitrogen and oxygen atoms in total. The highest BCUT2D eigenvalue weighted by molar-refractivity contribution is 6.30. The molecule has 0 fully saturated rings. The second-order valence-corrected chi connectivity index (χ2v) is 6.11. The molecule has 0 saturated carbocycles. The van der Waals surface area contributed by atoms with E-state index in [1.165, 1.54) is 0 Å². The Morgan fingerprint density at radius 3 is 2.71 bits per heavy atom. The first-order chi connectivity index (χ1) is 11.7. The molecule has 0 saturated heterocycles. The molecule has 3 rings (SSSR count). The largest absolute Gasteiger partial charge is 0.491 e. The summed E-state index contributed by atoms with van der Waals surface area (Å²) < 4.78 is 17.1. The summed E-state index contributed by atoms with van der Waals surface area (Å²) in [4.78, 5) is 0. The van der Waals surface area contributed by atoms with Crippen molar-refractivity contribution >= 4 is 11.6 Å². The predicted octanol–water partition coefficient (Wildman–Crippen LogP) is 1.48. The van der Waals surface area contributed by atoms with Crippen molar-refractivity contribution in [3.63, 3.8) is 0 Å². The SMILES string of the molecule is O[C@@H](C[NH2+]C[C@@H]1COc2ccccc2O1)COc1ccc(Cl)cc1. The van der Waals surface area contributed by atoms with Crippen LogP contribution in [-0.4, -0.2) is 43.6 Å². The van der Waals surface area contributed by atoms with Gasteiger partial charge in [0.2, 0.25) is 0 Å². The Bertz CT molecular complexity index is 650. The summed E-state index contributed by atoms with van der Waals surface area (Å²) in [7, 11) is 0. The van der Waals surface area contributed by atoms with Crippen LogP contribution in [-0.2, 0) is 0 Å². The van der Waals surface area contributed by atoms with E-state index in [1.807, 2.05) is 29.6 Å². The molecule has 2 aromatic carbocycles. The Labute approximate surface area is 146 Å². The van der Waals surface area contributed by atoms with Crippen molar-refractivity contribution in [2.75, 3.05) is 26.3 Å². The van der Waals surface area contributed by atoms with E-state index in [0.29, 0.717) is 30.5 Å². The molecule has 0 aromatic heterocycles. The molecule has 0 radical (unpaired) electrons. The second-order valence-electron chi connectivity index (χ2n) is 5.68. The van der Waals surface area contributed by atoms with Gasteiger partial charge in [-0.1, -0.05) is 23.7 Å². The second kappa shape index (κ2) is 8.24. The molecule has 0 aliphatic carbocycles. The average Bonchev–Trinajstić information content (AvgIpc) is 2.61. The number of rotatable bonds is 7. The van der Waals surface area contributed by atoms with E-state index in [1.54, 1.807) is 24.3 Å². The van der Waals surface area contributed by atoms with Crippen molar-refractivity contribution in [2.24, 2.45) is 0 Å². The zero-order valence-corrected chi connectivity index (χ0v) is 14.0. The van der Waals surface area contributed by atoms with Gasteiger partial charge >= 0.3 is 0 Å². The number of hydrogen-bond donors (Lipinski definition) is 2. The van der Waals surface area contributed by atoms with Crippen LogP contribution in [0, 0.1) is 0 Å². The number of para-hydroxylation sites is 2. The highest BCUT2D eigenvalue weighted by Crippen LogP contribution is 2.30. The molecule has 0 amide bonds. The minimum Gasteiger partial charge on any atom is -0.491 e. The van der Waals surface area contributed by atoms with Gasteiger partial charge in [-0.05, 0) is 36.4 Å². The third-order valence-electron chi connectivity index (χ3n) is 3.69. The van der Waals surface area contributed by atoms with E-state index < -0.39 is 6.10 Å². The van der Waals surface area contributed by atoms with E-state index in [4.69, 9.17) is 25.8 Å². The Kier molecular flexibility index (Phi) is 5.80. The maximum atomic E-state index is 10.00. The monoisotopic (exact) mass is 350 g/mol. The van der Waals surface area contributed by atoms with E-state index >= 15 is 0 Å². The Balaban J connectivity index is 1.35. The van der Waals surface area contributed by atoms with Gasteiger partial charge in [0.1, 0.15) is 38.2 Å². The first kappa shape index (κ1) is 16.9. The lowest BCUT2D eigenvalue weighted by Gasteiger charge is -2.25. The molecule has 128 valence electrons. The van der Waals surface area contributed by atoms with Crippen LogP contribution in [0.1, 0.15) is 0 Å². The summed E-state index contributed by atoms with van der Waals surface area (Å²) in [5.41, 5.74) is 0. The van der Waals surface area contributed by atoms with Gasteiger partial charge in [-0.3, -0.25) is 0 Å². The lowest BCUT2D eigenvalue weighted by atomic mass is 10.2. The van der Waals surface area contributed by atoms with Gasteiger partial charge in [0, 0.05) is 5.02 Å². The zero-order valence-electron chi connectivity index (χ0n) is 13.2. The van der Waals surface area contributed by atoms with Crippen LogP contribution in [0.2, 0.25) is 5.02 Å². The molecule has 24 heavy (non-hydrogen) atoms. The molecule has 6 heteroatoms. The minimum atomic E-state index is -0.558. The number of hydrogen-bond acceptors (Lipinski definition) is 4. The number of quaternary nitrogens is 1. The van der Waals surface area contributed by atoms with Crippen LogP contribution in [0.4, 0.5) is 0 Å². The third-order valence-corrected chi connectivity index (χ3v) is 3.94. The van der Waals surface area contributed by atoms with E-state index in [0.717, 1.165) is 11.5 Å². The van der Waals surface area contributed by atoms with E-state index in [2.05, 4.69) is 0 Å². The Morgan fingerprint density at radius 2 is 1.92 bits per heavy atom. The summed E-state index contributed by atoms with van der Waals surface area (Å²) in [5, 5.41) is 12.7. The summed E-state index contributed by atoms with van der Waals surface area (Å²) >= 11 is 5.82. The van der Waals surface area contributed by atoms with Gasteiger partial charge < -0.3 is 24.6 Å². The summed E-state index contributed by atoms with van der Waals surface area (Å²) in [6.45, 7) is 2.01. The lowest BCUT2D eigenvalue weighted by molar-refractivity contribution is -0.666. The average molecular weight is 351 g/mol. The summed E-state index contributed by atoms with van der Waals surface area (Å²) in [6, 6.07) is 14.7. The molecule has 2 aromatic rings. The Hall–Kier alpha value is -1.95. The molecule has 1 aliphatic rings. The van der Waals surface area contributed by atoms with Crippen molar-refractivity contribution in [1.29, 1.82) is 0 Å². The highest BCUT2D eigenvalue weighted by atomic mass is 35.5. The van der Waals surface area contributed by atoms with Crippen molar-refractivity contribution < 1.29 is 24.6 Å². The van der Waals surface area contributed by atoms with Gasteiger partial charge in [0.05, 0.1) is 0 Å². The van der Waals surface area contributed by atoms with Crippen molar-refractivity contribution in [1.82, 2.24) is 0 Å². The van der Waals surface area contributed by atoms with E-state index in [-0.39, 0.29) is 12.7 Å². The van der Waals surface area contributed by atoms with Crippen molar-refractivity contribution in [3.8, 4) is 17.2 Å². The van der Waals surface area contributed by atoms with Gasteiger partial charge in [-0.25, -0.2) is 0 Å². The molecule has 1 heterocycles. The lowest BCUT2D eigenvalue weighted by Crippen LogP contribution is -2.89. The zero-order chi connectivity index (χ0) is 16.8. The smallest absolute Gasteiger partial charge is 0.181 e. The van der Waals surface area contributed by atoms with Crippen LogP contribution in [0.15, 0.2) is 48.5 Å². The maximum Gasteiger partial charge on any atom is 0.181 e. The number of aliphatic hydroxyl groups is 1. The molecule has 0 unspecified atom stereocenters. The number of fused-ring (bicyclic) bond motifs is 1. The third kappa shape index (κ3) is 4.77. The molecule has 0 bridgehead atoms. The molecular weight excluding hydrogens is 330 g/mol. The number of halogens is 1. The fraction of sp³-hybridized carbons (Fsp3) is 0.333. The topological polar surface area (TPSA) is 64.5 Å². The van der Waals surface area contributed by atoms with Crippen LogP contribution >= 0.6 is 11.6 Å². The van der Waals surface area contributed by atoms with Gasteiger partial charge in [0.25, 0.3) is 0 Å². The molecule has 1 aliphatic heterocycles. The standard InChI is InChI=1S/C18H20ClNO4/c19-13-5-7-15(8-6-13)22-11-14(21)9-20-10-16-12-23-17-3-1-2-4-18(17)24-16/h1-8,14,16,20-21H,9-12H2/p+1/t14-,16+/m0/s1. The molecule has 3 N–H and O–H groups in total. The van der Waals surface area contributed by atoms with Crippen molar-refractivity contribution in [3.05, 3.63) is 53.6 Å². The molecule has 0 spiro atoms. The number of aliphatic hydroxyl groups excluding tert-OH is 1. The summed E-state index contributed by atoms with van der Waals surface area (Å²) in [5.74, 6) is 2.25. The highest BCUT2D eigenvalue weighted by Gasteiger charge is 2.22. The van der Waals surface area contributed by atoms with Gasteiger partial charge in [-0.2, -0.15) is 0 Å². The van der Waals surface area contributed by atoms with Gasteiger partial charge in [0.15, 0.2) is 17.6 Å². The van der Waals surface area contributed by atoms with Crippen LogP contribution in [0.5, 0.6) is 17.2 Å². The van der Waals surface area contributed by atoms with E-state index in [9.17, 15) is 5.11 Å².